The molecule has 1 aromatic carbocycles. The second kappa shape index (κ2) is 6.92. The van der Waals surface area contributed by atoms with E-state index in [-0.39, 0.29) is 0 Å². The minimum absolute atomic E-state index is 0.676. The van der Waals surface area contributed by atoms with E-state index in [9.17, 15) is 0 Å². The van der Waals surface area contributed by atoms with Crippen molar-refractivity contribution in [3.8, 4) is 5.75 Å². The van der Waals surface area contributed by atoms with Crippen LogP contribution in [0.4, 0.5) is 0 Å². The third-order valence-electron chi connectivity index (χ3n) is 2.38. The molecule has 0 unspecified atom stereocenters. The van der Waals surface area contributed by atoms with E-state index in [4.69, 9.17) is 10.5 Å². The number of nitrogens with two attached hydrogens (primary N) is 1. The number of rotatable bonds is 6. The number of hydrogen-bond acceptors (Lipinski definition) is 2. The second-order valence-corrected chi connectivity index (χ2v) is 5.19. The molecular weight excluding hydrogens is 266 g/mol. The Hall–Kier alpha value is -0.540. The molecular formula is C13H20BrNO. The van der Waals surface area contributed by atoms with Crippen LogP contribution < -0.4 is 10.5 Å². The maximum Gasteiger partial charge on any atom is 0.133 e. The van der Waals surface area contributed by atoms with Gasteiger partial charge in [0.2, 0.25) is 0 Å². The first-order valence-electron chi connectivity index (χ1n) is 5.74. The standard InChI is InChI=1S/C13H20BrNO/c1-10(2)6-8-16-13-4-3-11(5-7-15)9-12(13)14/h3-4,9-10H,5-8,15H2,1-2H3. The summed E-state index contributed by atoms with van der Waals surface area (Å²) in [5.41, 5.74) is 6.76. The predicted molar refractivity (Wildman–Crippen MR) is 71.9 cm³/mol. The molecule has 16 heavy (non-hydrogen) atoms. The van der Waals surface area contributed by atoms with Gasteiger partial charge in [0.1, 0.15) is 5.75 Å². The van der Waals surface area contributed by atoms with E-state index >= 15 is 0 Å². The van der Waals surface area contributed by atoms with Crippen LogP contribution in [-0.2, 0) is 6.42 Å². The summed E-state index contributed by atoms with van der Waals surface area (Å²) < 4.78 is 6.72. The smallest absolute Gasteiger partial charge is 0.133 e. The fourth-order valence-electron chi connectivity index (χ4n) is 1.39. The molecule has 0 radical (unpaired) electrons. The number of halogens is 1. The van der Waals surface area contributed by atoms with Crippen molar-refractivity contribution in [2.45, 2.75) is 26.7 Å². The van der Waals surface area contributed by atoms with Gasteiger partial charge in [-0.1, -0.05) is 19.9 Å². The molecule has 0 aliphatic carbocycles. The molecule has 0 saturated heterocycles. The molecule has 3 heteroatoms. The second-order valence-electron chi connectivity index (χ2n) is 4.33. The van der Waals surface area contributed by atoms with Crippen molar-refractivity contribution in [2.24, 2.45) is 11.7 Å². The van der Waals surface area contributed by atoms with Gasteiger partial charge in [0, 0.05) is 0 Å². The summed E-state index contributed by atoms with van der Waals surface area (Å²) in [7, 11) is 0. The van der Waals surface area contributed by atoms with Crippen LogP contribution >= 0.6 is 15.9 Å². The van der Waals surface area contributed by atoms with E-state index in [0.29, 0.717) is 12.5 Å². The molecule has 0 heterocycles. The fraction of sp³-hybridized carbons (Fsp3) is 0.538. The SMILES string of the molecule is CC(C)CCOc1ccc(CCN)cc1Br. The highest BCUT2D eigenvalue weighted by molar-refractivity contribution is 9.10. The van der Waals surface area contributed by atoms with Gasteiger partial charge < -0.3 is 10.5 Å². The van der Waals surface area contributed by atoms with E-state index in [1.165, 1.54) is 5.56 Å². The van der Waals surface area contributed by atoms with Gasteiger partial charge in [0.05, 0.1) is 11.1 Å². The molecule has 0 amide bonds. The monoisotopic (exact) mass is 285 g/mol. The first-order chi connectivity index (χ1) is 7.63. The Morgan fingerprint density at radius 3 is 2.69 bits per heavy atom. The molecule has 0 fully saturated rings. The summed E-state index contributed by atoms with van der Waals surface area (Å²) in [6, 6.07) is 6.16. The maximum atomic E-state index is 5.70. The summed E-state index contributed by atoms with van der Waals surface area (Å²) in [4.78, 5) is 0. The number of benzene rings is 1. The van der Waals surface area contributed by atoms with E-state index in [0.717, 1.165) is 29.7 Å². The Balaban J connectivity index is 2.54. The van der Waals surface area contributed by atoms with Crippen molar-refractivity contribution in [1.82, 2.24) is 0 Å². The molecule has 0 aliphatic rings. The normalized spacial score (nSPS) is 10.8. The van der Waals surface area contributed by atoms with Gasteiger partial charge >= 0.3 is 0 Å². The quantitative estimate of drug-likeness (QED) is 0.870. The summed E-state index contributed by atoms with van der Waals surface area (Å²) in [5.74, 6) is 1.59. The average molecular weight is 286 g/mol. The van der Waals surface area contributed by atoms with E-state index in [1.807, 2.05) is 6.07 Å². The average Bonchev–Trinajstić information content (AvgIpc) is 2.21. The van der Waals surface area contributed by atoms with Crippen LogP contribution in [0.2, 0.25) is 0 Å². The zero-order chi connectivity index (χ0) is 12.0. The lowest BCUT2D eigenvalue weighted by atomic mass is 10.1. The number of ether oxygens (including phenoxy) is 1. The molecule has 2 nitrogen and oxygen atoms in total. The van der Waals surface area contributed by atoms with Crippen molar-refractivity contribution in [3.05, 3.63) is 28.2 Å². The van der Waals surface area contributed by atoms with Crippen molar-refractivity contribution in [2.75, 3.05) is 13.2 Å². The zero-order valence-corrected chi connectivity index (χ0v) is 11.6. The van der Waals surface area contributed by atoms with Crippen molar-refractivity contribution < 1.29 is 4.74 Å². The van der Waals surface area contributed by atoms with Crippen LogP contribution in [0, 0.1) is 5.92 Å². The van der Waals surface area contributed by atoms with Gasteiger partial charge in [-0.05, 0) is 58.9 Å². The number of hydrogen-bond donors (Lipinski definition) is 1. The maximum absolute atomic E-state index is 5.70. The minimum atomic E-state index is 0.676. The van der Waals surface area contributed by atoms with Crippen LogP contribution in [0.1, 0.15) is 25.8 Å². The van der Waals surface area contributed by atoms with Crippen LogP contribution in [0.15, 0.2) is 22.7 Å². The summed E-state index contributed by atoms with van der Waals surface area (Å²) >= 11 is 3.52. The molecule has 90 valence electrons. The Kier molecular flexibility index (Phi) is 5.85. The topological polar surface area (TPSA) is 35.2 Å². The first-order valence-corrected chi connectivity index (χ1v) is 6.54. The molecule has 0 atom stereocenters. The first kappa shape index (κ1) is 13.5. The molecule has 0 aromatic heterocycles. The third-order valence-corrected chi connectivity index (χ3v) is 3.00. The minimum Gasteiger partial charge on any atom is -0.492 e. The van der Waals surface area contributed by atoms with Gasteiger partial charge in [-0.3, -0.25) is 0 Å². The molecule has 0 saturated carbocycles. The summed E-state index contributed by atoms with van der Waals surface area (Å²) in [6.07, 6.45) is 1.99. The van der Waals surface area contributed by atoms with Gasteiger partial charge in [-0.2, -0.15) is 0 Å². The molecule has 1 rings (SSSR count). The van der Waals surface area contributed by atoms with Crippen molar-refractivity contribution in [3.63, 3.8) is 0 Å². The van der Waals surface area contributed by atoms with E-state index in [1.54, 1.807) is 0 Å². The van der Waals surface area contributed by atoms with Crippen LogP contribution in [-0.4, -0.2) is 13.2 Å². The van der Waals surface area contributed by atoms with Crippen molar-refractivity contribution in [1.29, 1.82) is 0 Å². The van der Waals surface area contributed by atoms with Crippen LogP contribution in [0.5, 0.6) is 5.75 Å². The lowest BCUT2D eigenvalue weighted by Gasteiger charge is -2.10. The Labute approximate surface area is 106 Å². The Morgan fingerprint density at radius 1 is 1.38 bits per heavy atom. The lowest BCUT2D eigenvalue weighted by Crippen LogP contribution is -2.04. The third kappa shape index (κ3) is 4.54. The fourth-order valence-corrected chi connectivity index (χ4v) is 1.93. The molecule has 0 aliphatic heterocycles. The van der Waals surface area contributed by atoms with Gasteiger partial charge in [-0.25, -0.2) is 0 Å². The zero-order valence-electron chi connectivity index (χ0n) is 10.0. The summed E-state index contributed by atoms with van der Waals surface area (Å²) in [5, 5.41) is 0. The predicted octanol–water partition coefficient (Wildman–Crippen LogP) is 3.38. The Morgan fingerprint density at radius 2 is 2.12 bits per heavy atom. The highest BCUT2D eigenvalue weighted by Gasteiger charge is 2.03. The Bertz CT molecular complexity index is 326. The molecule has 1 aromatic rings. The van der Waals surface area contributed by atoms with Crippen molar-refractivity contribution >= 4 is 15.9 Å². The van der Waals surface area contributed by atoms with Gasteiger partial charge in [-0.15, -0.1) is 0 Å². The summed E-state index contributed by atoms with van der Waals surface area (Å²) in [6.45, 7) is 5.85. The van der Waals surface area contributed by atoms with E-state index < -0.39 is 0 Å². The van der Waals surface area contributed by atoms with Crippen LogP contribution in [0.3, 0.4) is 0 Å². The van der Waals surface area contributed by atoms with Gasteiger partial charge in [0.25, 0.3) is 0 Å². The highest BCUT2D eigenvalue weighted by atomic mass is 79.9. The molecule has 0 spiro atoms. The molecule has 0 bridgehead atoms. The van der Waals surface area contributed by atoms with E-state index in [2.05, 4.69) is 41.9 Å². The largest absolute Gasteiger partial charge is 0.492 e. The molecule has 2 N–H and O–H groups in total. The van der Waals surface area contributed by atoms with Gasteiger partial charge in [0.15, 0.2) is 0 Å². The lowest BCUT2D eigenvalue weighted by molar-refractivity contribution is 0.288. The highest BCUT2D eigenvalue weighted by Crippen LogP contribution is 2.26. The van der Waals surface area contributed by atoms with Crippen LogP contribution in [0.25, 0.3) is 0 Å².